The van der Waals surface area contributed by atoms with Crippen LogP contribution in [0.3, 0.4) is 0 Å². The molecule has 106 valence electrons. The van der Waals surface area contributed by atoms with Crippen LogP contribution in [-0.2, 0) is 14.3 Å². The van der Waals surface area contributed by atoms with E-state index < -0.39 is 24.0 Å². The Morgan fingerprint density at radius 2 is 1.89 bits per heavy atom. The molecule has 0 aliphatic heterocycles. The second-order valence-corrected chi connectivity index (χ2v) is 4.68. The van der Waals surface area contributed by atoms with E-state index in [1.54, 1.807) is 13.8 Å². The standard InChI is InChI=1S/C12H24N2O4/c1-5-6-7-18-12(16)10(8(2)3)14(17)11(15)9(4)13/h8-10,17H,5-7,13H2,1-4H3/t9-,10-/m0/s1. The first kappa shape index (κ1) is 16.9. The van der Waals surface area contributed by atoms with E-state index in [0.29, 0.717) is 11.7 Å². The first-order chi connectivity index (χ1) is 8.32. The molecule has 0 saturated heterocycles. The smallest absolute Gasteiger partial charge is 0.331 e. The van der Waals surface area contributed by atoms with Crippen molar-refractivity contribution < 1.29 is 19.5 Å². The number of nitrogens with two attached hydrogens (primary N) is 1. The van der Waals surface area contributed by atoms with Gasteiger partial charge in [0.1, 0.15) is 0 Å². The molecule has 2 atom stereocenters. The van der Waals surface area contributed by atoms with Gasteiger partial charge in [-0.1, -0.05) is 27.2 Å². The zero-order valence-electron chi connectivity index (χ0n) is 11.5. The van der Waals surface area contributed by atoms with Crippen LogP contribution in [0.2, 0.25) is 0 Å². The molecule has 1 amide bonds. The summed E-state index contributed by atoms with van der Waals surface area (Å²) in [5.41, 5.74) is 5.39. The second-order valence-electron chi connectivity index (χ2n) is 4.68. The Balaban J connectivity index is 4.64. The Bertz CT molecular complexity index is 279. The van der Waals surface area contributed by atoms with Gasteiger partial charge in [0, 0.05) is 0 Å². The van der Waals surface area contributed by atoms with E-state index in [2.05, 4.69) is 0 Å². The van der Waals surface area contributed by atoms with Crippen LogP contribution in [0, 0.1) is 5.92 Å². The van der Waals surface area contributed by atoms with Crippen LogP contribution >= 0.6 is 0 Å². The third-order valence-corrected chi connectivity index (χ3v) is 2.49. The number of carbonyl (C=O) groups excluding carboxylic acids is 2. The number of unbranched alkanes of at least 4 members (excludes halogenated alkanes) is 1. The van der Waals surface area contributed by atoms with Gasteiger partial charge in [0.15, 0.2) is 6.04 Å². The molecule has 18 heavy (non-hydrogen) atoms. The minimum absolute atomic E-state index is 0.258. The summed E-state index contributed by atoms with van der Waals surface area (Å²) in [6, 6.07) is -1.87. The molecular formula is C12H24N2O4. The lowest BCUT2D eigenvalue weighted by Crippen LogP contribution is -2.51. The molecular weight excluding hydrogens is 236 g/mol. The van der Waals surface area contributed by atoms with Gasteiger partial charge in [-0.3, -0.25) is 10.0 Å². The van der Waals surface area contributed by atoms with Crippen molar-refractivity contribution in [2.75, 3.05) is 6.61 Å². The fourth-order valence-corrected chi connectivity index (χ4v) is 1.40. The molecule has 3 N–H and O–H groups in total. The molecule has 6 heteroatoms. The van der Waals surface area contributed by atoms with Crippen molar-refractivity contribution >= 4 is 11.9 Å². The number of amides is 1. The minimum Gasteiger partial charge on any atom is -0.464 e. The van der Waals surface area contributed by atoms with E-state index in [1.807, 2.05) is 6.92 Å². The Morgan fingerprint density at radius 1 is 1.33 bits per heavy atom. The molecule has 6 nitrogen and oxygen atoms in total. The summed E-state index contributed by atoms with van der Waals surface area (Å²) in [6.07, 6.45) is 1.66. The summed E-state index contributed by atoms with van der Waals surface area (Å²) in [4.78, 5) is 23.4. The molecule has 0 radical (unpaired) electrons. The lowest BCUT2D eigenvalue weighted by molar-refractivity contribution is -0.193. The van der Waals surface area contributed by atoms with E-state index in [1.165, 1.54) is 6.92 Å². The summed E-state index contributed by atoms with van der Waals surface area (Å²) in [5, 5.41) is 10.1. The van der Waals surface area contributed by atoms with Gasteiger partial charge in [-0.25, -0.2) is 9.86 Å². The highest BCUT2D eigenvalue weighted by molar-refractivity contribution is 5.86. The molecule has 0 rings (SSSR count). The number of esters is 1. The zero-order valence-corrected chi connectivity index (χ0v) is 11.5. The highest BCUT2D eigenvalue weighted by Crippen LogP contribution is 2.12. The van der Waals surface area contributed by atoms with Crippen LogP contribution in [0.1, 0.15) is 40.5 Å². The van der Waals surface area contributed by atoms with Gasteiger partial charge in [0.2, 0.25) is 0 Å². The van der Waals surface area contributed by atoms with Crippen LogP contribution < -0.4 is 5.73 Å². The predicted octanol–water partition coefficient (Wildman–Crippen LogP) is 0.919. The third-order valence-electron chi connectivity index (χ3n) is 2.49. The predicted molar refractivity (Wildman–Crippen MR) is 66.8 cm³/mol. The van der Waals surface area contributed by atoms with Crippen LogP contribution in [0.5, 0.6) is 0 Å². The Kier molecular flexibility index (Phi) is 7.54. The average molecular weight is 260 g/mol. The maximum atomic E-state index is 11.8. The molecule has 0 aromatic heterocycles. The monoisotopic (exact) mass is 260 g/mol. The molecule has 0 heterocycles. The maximum absolute atomic E-state index is 11.8. The summed E-state index contributed by atoms with van der Waals surface area (Å²) in [6.45, 7) is 7.17. The molecule has 0 aliphatic rings. The van der Waals surface area contributed by atoms with Crippen LogP contribution in [0.25, 0.3) is 0 Å². The number of nitrogens with zero attached hydrogens (tertiary/aromatic N) is 1. The molecule has 0 bridgehead atoms. The van der Waals surface area contributed by atoms with Gasteiger partial charge in [0.05, 0.1) is 12.6 Å². The van der Waals surface area contributed by atoms with Crippen LogP contribution in [0.15, 0.2) is 0 Å². The first-order valence-electron chi connectivity index (χ1n) is 6.27. The lowest BCUT2D eigenvalue weighted by Gasteiger charge is -2.28. The molecule has 0 spiro atoms. The van der Waals surface area contributed by atoms with E-state index >= 15 is 0 Å². The van der Waals surface area contributed by atoms with Gasteiger partial charge in [-0.05, 0) is 19.3 Å². The van der Waals surface area contributed by atoms with Crippen LogP contribution in [-0.4, -0.2) is 40.8 Å². The second kappa shape index (κ2) is 8.05. The number of carbonyl (C=O) groups is 2. The Labute approximate surface area is 108 Å². The lowest BCUT2D eigenvalue weighted by atomic mass is 10.0. The summed E-state index contributed by atoms with van der Waals surface area (Å²) >= 11 is 0. The minimum atomic E-state index is -1.01. The van der Waals surface area contributed by atoms with Crippen molar-refractivity contribution in [1.82, 2.24) is 5.06 Å². The van der Waals surface area contributed by atoms with Crippen molar-refractivity contribution in [1.29, 1.82) is 0 Å². The van der Waals surface area contributed by atoms with Gasteiger partial charge >= 0.3 is 5.97 Å². The van der Waals surface area contributed by atoms with E-state index in [0.717, 1.165) is 12.8 Å². The molecule has 0 saturated carbocycles. The fraction of sp³-hybridized carbons (Fsp3) is 0.833. The highest BCUT2D eigenvalue weighted by Gasteiger charge is 2.34. The maximum Gasteiger partial charge on any atom is 0.331 e. The largest absolute Gasteiger partial charge is 0.464 e. The van der Waals surface area contributed by atoms with Crippen molar-refractivity contribution in [2.24, 2.45) is 11.7 Å². The third kappa shape index (κ3) is 5.01. The van der Waals surface area contributed by atoms with Gasteiger partial charge in [0.25, 0.3) is 5.91 Å². The SMILES string of the molecule is CCCCOC(=O)[C@H](C(C)C)N(O)C(=O)[C@H](C)N. The normalized spacial score (nSPS) is 14.2. The Hall–Kier alpha value is -1.14. The molecule has 0 aromatic rings. The average Bonchev–Trinajstić information content (AvgIpc) is 2.27. The number of ether oxygens (including phenoxy) is 1. The van der Waals surface area contributed by atoms with Gasteiger partial charge in [-0.15, -0.1) is 0 Å². The summed E-state index contributed by atoms with van der Waals surface area (Å²) in [5.74, 6) is -1.55. The first-order valence-corrected chi connectivity index (χ1v) is 6.27. The molecule has 0 aromatic carbocycles. The summed E-state index contributed by atoms with van der Waals surface area (Å²) < 4.78 is 5.02. The fourth-order valence-electron chi connectivity index (χ4n) is 1.40. The Morgan fingerprint density at radius 3 is 2.28 bits per heavy atom. The van der Waals surface area contributed by atoms with Gasteiger partial charge in [-0.2, -0.15) is 0 Å². The molecule has 0 aliphatic carbocycles. The highest BCUT2D eigenvalue weighted by atomic mass is 16.6. The molecule has 0 unspecified atom stereocenters. The zero-order chi connectivity index (χ0) is 14.3. The van der Waals surface area contributed by atoms with Crippen molar-refractivity contribution in [2.45, 2.75) is 52.6 Å². The number of rotatable bonds is 7. The topological polar surface area (TPSA) is 92.9 Å². The van der Waals surface area contributed by atoms with Crippen LogP contribution in [0.4, 0.5) is 0 Å². The van der Waals surface area contributed by atoms with E-state index in [4.69, 9.17) is 10.5 Å². The number of hydrogen-bond acceptors (Lipinski definition) is 5. The van der Waals surface area contributed by atoms with Gasteiger partial charge < -0.3 is 10.5 Å². The number of hydroxylamine groups is 2. The number of hydrogen-bond donors (Lipinski definition) is 2. The summed E-state index contributed by atoms with van der Waals surface area (Å²) in [7, 11) is 0. The molecule has 0 fully saturated rings. The van der Waals surface area contributed by atoms with E-state index in [-0.39, 0.29) is 5.92 Å². The van der Waals surface area contributed by atoms with Crippen molar-refractivity contribution in [3.05, 3.63) is 0 Å². The van der Waals surface area contributed by atoms with Crippen molar-refractivity contribution in [3.8, 4) is 0 Å². The van der Waals surface area contributed by atoms with Crippen molar-refractivity contribution in [3.63, 3.8) is 0 Å². The van der Waals surface area contributed by atoms with E-state index in [9.17, 15) is 14.8 Å². The quantitative estimate of drug-likeness (QED) is 0.307.